The second kappa shape index (κ2) is 11.7. The fraction of sp³-hybridized carbons (Fsp3) is 0.533. The van der Waals surface area contributed by atoms with E-state index < -0.39 is 5.54 Å². The first-order valence-electron chi connectivity index (χ1n) is 14.0. The quantitative estimate of drug-likeness (QED) is 0.344. The Morgan fingerprint density at radius 1 is 1.03 bits per heavy atom. The first kappa shape index (κ1) is 28.5. The molecule has 39 heavy (non-hydrogen) atoms. The van der Waals surface area contributed by atoms with Gasteiger partial charge in [-0.3, -0.25) is 10.1 Å². The Kier molecular flexibility index (Phi) is 8.59. The zero-order valence-electron chi connectivity index (χ0n) is 23.9. The van der Waals surface area contributed by atoms with Crippen molar-refractivity contribution in [3.63, 3.8) is 0 Å². The Bertz CT molecular complexity index is 1180. The third-order valence-corrected chi connectivity index (χ3v) is 7.61. The lowest BCUT2D eigenvalue weighted by atomic mass is 9.87. The van der Waals surface area contributed by atoms with E-state index in [-0.39, 0.29) is 29.9 Å². The molecule has 2 aliphatic rings. The van der Waals surface area contributed by atoms with E-state index in [4.69, 9.17) is 0 Å². The minimum absolute atomic E-state index is 0.0276. The highest BCUT2D eigenvalue weighted by molar-refractivity contribution is 6.22. The number of likely N-dealkylation sites (tertiary alicyclic amines) is 1. The van der Waals surface area contributed by atoms with Gasteiger partial charge in [-0.25, -0.2) is 19.5 Å². The first-order chi connectivity index (χ1) is 18.5. The summed E-state index contributed by atoms with van der Waals surface area (Å²) in [6.45, 7) is 14.2. The Morgan fingerprint density at radius 2 is 1.72 bits per heavy atom. The summed E-state index contributed by atoms with van der Waals surface area (Å²) in [5.74, 6) is 0.125. The molecule has 1 aromatic heterocycles. The number of rotatable bonds is 9. The Hall–Kier alpha value is -3.46. The van der Waals surface area contributed by atoms with Gasteiger partial charge in [0.2, 0.25) is 0 Å². The van der Waals surface area contributed by atoms with Crippen molar-refractivity contribution in [2.45, 2.75) is 77.8 Å². The van der Waals surface area contributed by atoms with Crippen LogP contribution in [0.1, 0.15) is 71.4 Å². The summed E-state index contributed by atoms with van der Waals surface area (Å²) in [6, 6.07) is 10.4. The van der Waals surface area contributed by atoms with Gasteiger partial charge in [-0.05, 0) is 100.0 Å². The highest BCUT2D eigenvalue weighted by Crippen LogP contribution is 2.34. The average molecular weight is 535 g/mol. The number of hydrogen-bond acceptors (Lipinski definition) is 5. The molecule has 0 bridgehead atoms. The molecule has 5 amide bonds. The summed E-state index contributed by atoms with van der Waals surface area (Å²) in [7, 11) is 0. The van der Waals surface area contributed by atoms with Crippen LogP contribution in [0.3, 0.4) is 0 Å². The monoisotopic (exact) mass is 534 g/mol. The van der Waals surface area contributed by atoms with Gasteiger partial charge in [-0.2, -0.15) is 0 Å². The van der Waals surface area contributed by atoms with Crippen LogP contribution in [0.15, 0.2) is 42.6 Å². The fourth-order valence-electron chi connectivity index (χ4n) is 5.09. The SMILES string of the molecule is CC(C)(C)c1ccc(N2C(=O)N(Cc3ccnc(NC(=O)NCCCCN4CCCC4)c3)C(C)(C)C2=O)cc1. The van der Waals surface area contributed by atoms with Crippen LogP contribution in [0.4, 0.5) is 21.1 Å². The largest absolute Gasteiger partial charge is 0.338 e. The molecule has 0 saturated carbocycles. The zero-order chi connectivity index (χ0) is 28.2. The standard InChI is InChI=1S/C30H42N6O3/c1-29(2,3)23-10-12-24(13-11-23)36-26(37)30(4,5)35(28(36)39)21-22-14-16-31-25(20-22)33-27(38)32-15-6-7-17-34-18-8-9-19-34/h10-14,16,20H,6-9,15,17-19,21H2,1-5H3,(H2,31,32,33,38). The van der Waals surface area contributed by atoms with Crippen molar-refractivity contribution in [2.75, 3.05) is 36.4 Å². The van der Waals surface area contributed by atoms with Crippen molar-refractivity contribution < 1.29 is 14.4 Å². The number of benzene rings is 1. The van der Waals surface area contributed by atoms with Gasteiger partial charge in [0.25, 0.3) is 5.91 Å². The van der Waals surface area contributed by atoms with E-state index in [0.29, 0.717) is 18.1 Å². The number of aromatic nitrogens is 1. The second-order valence-electron chi connectivity index (χ2n) is 12.1. The van der Waals surface area contributed by atoms with Gasteiger partial charge in [-0.1, -0.05) is 32.9 Å². The Labute approximate surface area is 231 Å². The summed E-state index contributed by atoms with van der Waals surface area (Å²) < 4.78 is 0. The summed E-state index contributed by atoms with van der Waals surface area (Å²) in [4.78, 5) is 48.7. The van der Waals surface area contributed by atoms with E-state index in [0.717, 1.165) is 30.5 Å². The van der Waals surface area contributed by atoms with Gasteiger partial charge < -0.3 is 15.1 Å². The topological polar surface area (TPSA) is 97.9 Å². The van der Waals surface area contributed by atoms with Gasteiger partial charge >= 0.3 is 12.1 Å². The van der Waals surface area contributed by atoms with Gasteiger partial charge in [-0.15, -0.1) is 0 Å². The third kappa shape index (κ3) is 6.76. The Morgan fingerprint density at radius 3 is 2.38 bits per heavy atom. The van der Waals surface area contributed by atoms with Crippen molar-refractivity contribution in [1.82, 2.24) is 20.1 Å². The molecule has 0 atom stereocenters. The third-order valence-electron chi connectivity index (χ3n) is 7.61. The number of nitrogens with zero attached hydrogens (tertiary/aromatic N) is 4. The number of carbonyl (C=O) groups is 3. The lowest BCUT2D eigenvalue weighted by Crippen LogP contribution is -2.43. The fourth-order valence-corrected chi connectivity index (χ4v) is 5.09. The van der Waals surface area contributed by atoms with Crippen molar-refractivity contribution in [1.29, 1.82) is 0 Å². The number of amides is 5. The molecule has 0 spiro atoms. The summed E-state index contributed by atoms with van der Waals surface area (Å²) in [6.07, 6.45) is 6.16. The molecular weight excluding hydrogens is 492 g/mol. The molecule has 9 nitrogen and oxygen atoms in total. The summed E-state index contributed by atoms with van der Waals surface area (Å²) in [5.41, 5.74) is 1.40. The highest BCUT2D eigenvalue weighted by Gasteiger charge is 2.51. The number of nitrogens with one attached hydrogen (secondary N) is 2. The summed E-state index contributed by atoms with van der Waals surface area (Å²) in [5, 5.41) is 5.67. The van der Waals surface area contributed by atoms with E-state index in [1.807, 2.05) is 24.3 Å². The minimum atomic E-state index is -1.02. The second-order valence-corrected chi connectivity index (χ2v) is 12.1. The van der Waals surface area contributed by atoms with Crippen LogP contribution >= 0.6 is 0 Å². The number of urea groups is 2. The van der Waals surface area contributed by atoms with Crippen molar-refractivity contribution >= 4 is 29.5 Å². The molecule has 0 radical (unpaired) electrons. The summed E-state index contributed by atoms with van der Waals surface area (Å²) >= 11 is 0. The molecule has 2 aliphatic heterocycles. The molecule has 0 unspecified atom stereocenters. The van der Waals surface area contributed by atoms with E-state index >= 15 is 0 Å². The number of pyridine rings is 1. The number of hydrogen-bond donors (Lipinski definition) is 2. The number of carbonyl (C=O) groups excluding carboxylic acids is 3. The maximum atomic E-state index is 13.5. The van der Waals surface area contributed by atoms with Crippen molar-refractivity contribution in [3.8, 4) is 0 Å². The first-order valence-corrected chi connectivity index (χ1v) is 14.0. The minimum Gasteiger partial charge on any atom is -0.338 e. The maximum Gasteiger partial charge on any atom is 0.332 e. The molecule has 2 saturated heterocycles. The Balaban J connectivity index is 1.35. The number of imide groups is 1. The van der Waals surface area contributed by atoms with Crippen molar-refractivity contribution in [2.24, 2.45) is 0 Å². The molecule has 2 fully saturated rings. The van der Waals surface area contributed by atoms with Crippen LogP contribution in [0.2, 0.25) is 0 Å². The van der Waals surface area contributed by atoms with Crippen LogP contribution < -0.4 is 15.5 Å². The molecule has 3 heterocycles. The predicted octanol–water partition coefficient (Wildman–Crippen LogP) is 5.12. The van der Waals surface area contributed by atoms with E-state index in [9.17, 15) is 14.4 Å². The lowest BCUT2D eigenvalue weighted by molar-refractivity contribution is -0.123. The predicted molar refractivity (Wildman–Crippen MR) is 154 cm³/mol. The van der Waals surface area contributed by atoms with Crippen LogP contribution in [0.5, 0.6) is 0 Å². The van der Waals surface area contributed by atoms with Crippen LogP contribution in [-0.4, -0.2) is 64.5 Å². The van der Waals surface area contributed by atoms with Crippen LogP contribution in [0.25, 0.3) is 0 Å². The van der Waals surface area contributed by atoms with E-state index in [2.05, 4.69) is 41.3 Å². The van der Waals surface area contributed by atoms with Gasteiger partial charge in [0.05, 0.1) is 5.69 Å². The maximum absolute atomic E-state index is 13.5. The van der Waals surface area contributed by atoms with Crippen molar-refractivity contribution in [3.05, 3.63) is 53.7 Å². The molecule has 2 N–H and O–H groups in total. The van der Waals surface area contributed by atoms with Crippen LogP contribution in [0, 0.1) is 0 Å². The van der Waals surface area contributed by atoms with E-state index in [1.165, 1.54) is 30.8 Å². The van der Waals surface area contributed by atoms with Gasteiger partial charge in [0, 0.05) is 19.3 Å². The lowest BCUT2D eigenvalue weighted by Gasteiger charge is -2.27. The molecule has 1 aromatic carbocycles. The highest BCUT2D eigenvalue weighted by atomic mass is 16.2. The smallest absolute Gasteiger partial charge is 0.332 e. The van der Waals surface area contributed by atoms with E-state index in [1.54, 1.807) is 37.1 Å². The molecular formula is C30H42N6O3. The molecule has 0 aliphatic carbocycles. The van der Waals surface area contributed by atoms with Gasteiger partial charge in [0.1, 0.15) is 11.4 Å². The molecule has 2 aromatic rings. The normalized spacial score (nSPS) is 17.7. The van der Waals surface area contributed by atoms with Crippen LogP contribution in [-0.2, 0) is 16.8 Å². The average Bonchev–Trinajstić information content (AvgIpc) is 3.45. The molecule has 9 heteroatoms. The molecule has 210 valence electrons. The van der Waals surface area contributed by atoms with Gasteiger partial charge in [0.15, 0.2) is 0 Å². The zero-order valence-corrected chi connectivity index (χ0v) is 23.9. The number of anilines is 2. The number of unbranched alkanes of at least 4 members (excludes halogenated alkanes) is 1. The molecule has 4 rings (SSSR count).